The normalized spacial score (nSPS) is 27.9. The second-order valence-electron chi connectivity index (χ2n) is 5.83. The summed E-state index contributed by atoms with van der Waals surface area (Å²) < 4.78 is 38.2. The van der Waals surface area contributed by atoms with Crippen molar-refractivity contribution in [2.24, 2.45) is 5.73 Å². The molecule has 0 unspecified atom stereocenters. The molecule has 0 heterocycles. The van der Waals surface area contributed by atoms with E-state index in [4.69, 9.17) is 5.73 Å². The Morgan fingerprint density at radius 2 is 1.90 bits per heavy atom. The number of hydrogen-bond acceptors (Lipinski definition) is 2. The maximum absolute atomic E-state index is 12.7. The molecule has 0 spiro atoms. The van der Waals surface area contributed by atoms with Gasteiger partial charge in [-0.1, -0.05) is 18.2 Å². The highest BCUT2D eigenvalue weighted by molar-refractivity contribution is 5.29. The topological polar surface area (TPSA) is 29.3 Å². The van der Waals surface area contributed by atoms with Crippen LogP contribution in [-0.4, -0.2) is 31.1 Å². The zero-order valence-corrected chi connectivity index (χ0v) is 11.8. The van der Waals surface area contributed by atoms with E-state index in [0.29, 0.717) is 6.04 Å². The fraction of sp³-hybridized carbons (Fsp3) is 0.600. The lowest BCUT2D eigenvalue weighted by atomic mass is 9.78. The SMILES string of the molecule is CN(C)[C@H]1CC[C@H](c2cccc(C(F)(F)F)c2)C[C@@H]1N. The van der Waals surface area contributed by atoms with Gasteiger partial charge in [-0.15, -0.1) is 0 Å². The summed E-state index contributed by atoms with van der Waals surface area (Å²) in [4.78, 5) is 2.10. The van der Waals surface area contributed by atoms with E-state index in [0.717, 1.165) is 30.9 Å². The number of nitrogens with zero attached hydrogens (tertiary/aromatic N) is 1. The Morgan fingerprint density at radius 3 is 2.45 bits per heavy atom. The van der Waals surface area contributed by atoms with Crippen LogP contribution in [0.3, 0.4) is 0 Å². The van der Waals surface area contributed by atoms with Crippen LogP contribution in [-0.2, 0) is 6.18 Å². The number of hydrogen-bond donors (Lipinski definition) is 1. The molecule has 0 saturated heterocycles. The molecule has 1 aromatic rings. The highest BCUT2D eigenvalue weighted by Crippen LogP contribution is 2.36. The first kappa shape index (κ1) is 15.3. The van der Waals surface area contributed by atoms with Gasteiger partial charge >= 0.3 is 6.18 Å². The van der Waals surface area contributed by atoms with E-state index < -0.39 is 11.7 Å². The summed E-state index contributed by atoms with van der Waals surface area (Å²) in [5.74, 6) is 0.128. The quantitative estimate of drug-likeness (QED) is 0.904. The molecule has 0 aliphatic heterocycles. The monoisotopic (exact) mass is 286 g/mol. The Kier molecular flexibility index (Phi) is 4.39. The lowest BCUT2D eigenvalue weighted by Gasteiger charge is -2.38. The van der Waals surface area contributed by atoms with Gasteiger partial charge in [0.1, 0.15) is 0 Å². The summed E-state index contributed by atoms with van der Waals surface area (Å²) in [5.41, 5.74) is 6.35. The minimum atomic E-state index is -4.28. The molecule has 1 aromatic carbocycles. The number of rotatable bonds is 2. The first-order valence-corrected chi connectivity index (χ1v) is 6.88. The summed E-state index contributed by atoms with van der Waals surface area (Å²) in [6.45, 7) is 0. The predicted octanol–water partition coefficient (Wildman–Crippen LogP) is 3.23. The molecule has 2 nitrogen and oxygen atoms in total. The van der Waals surface area contributed by atoms with E-state index in [1.165, 1.54) is 12.1 Å². The summed E-state index contributed by atoms with van der Waals surface area (Å²) in [7, 11) is 3.99. The number of alkyl halides is 3. The predicted molar refractivity (Wildman–Crippen MR) is 73.5 cm³/mol. The van der Waals surface area contributed by atoms with Crippen LogP contribution in [0.2, 0.25) is 0 Å². The highest BCUT2D eigenvalue weighted by atomic mass is 19.4. The van der Waals surface area contributed by atoms with Gasteiger partial charge < -0.3 is 10.6 Å². The van der Waals surface area contributed by atoms with E-state index >= 15 is 0 Å². The molecular weight excluding hydrogens is 265 g/mol. The number of likely N-dealkylation sites (N-methyl/N-ethyl adjacent to an activating group) is 1. The van der Waals surface area contributed by atoms with Gasteiger partial charge in [-0.25, -0.2) is 0 Å². The summed E-state index contributed by atoms with van der Waals surface area (Å²) in [6, 6.07) is 5.99. The first-order valence-electron chi connectivity index (χ1n) is 6.88. The Hall–Kier alpha value is -1.07. The second-order valence-corrected chi connectivity index (χ2v) is 5.83. The van der Waals surface area contributed by atoms with E-state index in [1.54, 1.807) is 6.07 Å². The van der Waals surface area contributed by atoms with Gasteiger partial charge in [0.05, 0.1) is 5.56 Å². The maximum atomic E-state index is 12.7. The van der Waals surface area contributed by atoms with Crippen molar-refractivity contribution >= 4 is 0 Å². The maximum Gasteiger partial charge on any atom is 0.416 e. The van der Waals surface area contributed by atoms with E-state index in [2.05, 4.69) is 4.90 Å². The van der Waals surface area contributed by atoms with E-state index in [1.807, 2.05) is 14.1 Å². The van der Waals surface area contributed by atoms with Crippen molar-refractivity contribution in [3.63, 3.8) is 0 Å². The molecule has 2 N–H and O–H groups in total. The third-order valence-electron chi connectivity index (χ3n) is 4.21. The molecule has 1 aliphatic carbocycles. The Labute approximate surface area is 117 Å². The number of halogens is 3. The van der Waals surface area contributed by atoms with Crippen molar-refractivity contribution in [3.8, 4) is 0 Å². The van der Waals surface area contributed by atoms with Gasteiger partial charge in [0, 0.05) is 12.1 Å². The van der Waals surface area contributed by atoms with Crippen molar-refractivity contribution in [3.05, 3.63) is 35.4 Å². The molecule has 2 rings (SSSR count). The van der Waals surface area contributed by atoms with Crippen LogP contribution in [0.1, 0.15) is 36.3 Å². The third kappa shape index (κ3) is 3.33. The van der Waals surface area contributed by atoms with Crippen molar-refractivity contribution < 1.29 is 13.2 Å². The van der Waals surface area contributed by atoms with E-state index in [-0.39, 0.29) is 12.0 Å². The fourth-order valence-corrected chi connectivity index (χ4v) is 3.10. The average molecular weight is 286 g/mol. The summed E-state index contributed by atoms with van der Waals surface area (Å²) in [5, 5.41) is 0. The van der Waals surface area contributed by atoms with Crippen molar-refractivity contribution in [2.45, 2.75) is 43.4 Å². The van der Waals surface area contributed by atoms with Gasteiger partial charge in [0.15, 0.2) is 0 Å². The molecule has 20 heavy (non-hydrogen) atoms. The number of benzene rings is 1. The largest absolute Gasteiger partial charge is 0.416 e. The third-order valence-corrected chi connectivity index (χ3v) is 4.21. The smallest absolute Gasteiger partial charge is 0.326 e. The minimum Gasteiger partial charge on any atom is -0.326 e. The van der Waals surface area contributed by atoms with Crippen molar-refractivity contribution in [1.29, 1.82) is 0 Å². The molecule has 0 amide bonds. The fourth-order valence-electron chi connectivity index (χ4n) is 3.10. The average Bonchev–Trinajstić information content (AvgIpc) is 2.37. The first-order chi connectivity index (χ1) is 9.29. The molecule has 0 aromatic heterocycles. The van der Waals surface area contributed by atoms with Crippen LogP contribution >= 0.6 is 0 Å². The van der Waals surface area contributed by atoms with Gasteiger partial charge in [-0.3, -0.25) is 0 Å². The van der Waals surface area contributed by atoms with Crippen LogP contribution in [0.25, 0.3) is 0 Å². The highest BCUT2D eigenvalue weighted by Gasteiger charge is 2.33. The molecule has 1 aliphatic rings. The van der Waals surface area contributed by atoms with Gasteiger partial charge in [-0.05, 0) is 50.9 Å². The van der Waals surface area contributed by atoms with Crippen molar-refractivity contribution in [1.82, 2.24) is 4.90 Å². The molecule has 5 heteroatoms. The van der Waals surface area contributed by atoms with Crippen molar-refractivity contribution in [2.75, 3.05) is 14.1 Å². The molecule has 3 atom stereocenters. The van der Waals surface area contributed by atoms with Crippen LogP contribution in [0, 0.1) is 0 Å². The zero-order chi connectivity index (χ0) is 14.9. The minimum absolute atomic E-state index is 0.0123. The molecular formula is C15H21F3N2. The molecule has 0 bridgehead atoms. The molecule has 0 radical (unpaired) electrons. The van der Waals surface area contributed by atoms with Crippen LogP contribution in [0.4, 0.5) is 13.2 Å². The lowest BCUT2D eigenvalue weighted by Crippen LogP contribution is -2.47. The molecule has 1 fully saturated rings. The lowest BCUT2D eigenvalue weighted by molar-refractivity contribution is -0.137. The van der Waals surface area contributed by atoms with Gasteiger partial charge in [0.2, 0.25) is 0 Å². The van der Waals surface area contributed by atoms with Crippen LogP contribution < -0.4 is 5.73 Å². The molecule has 1 saturated carbocycles. The van der Waals surface area contributed by atoms with Crippen LogP contribution in [0.5, 0.6) is 0 Å². The van der Waals surface area contributed by atoms with Gasteiger partial charge in [0.25, 0.3) is 0 Å². The van der Waals surface area contributed by atoms with Gasteiger partial charge in [-0.2, -0.15) is 13.2 Å². The van der Waals surface area contributed by atoms with Crippen LogP contribution in [0.15, 0.2) is 24.3 Å². The summed E-state index contributed by atoms with van der Waals surface area (Å²) >= 11 is 0. The Bertz CT molecular complexity index is 457. The van der Waals surface area contributed by atoms with E-state index in [9.17, 15) is 13.2 Å². The molecule has 112 valence electrons. The number of nitrogens with two attached hydrogens (primary N) is 1. The Morgan fingerprint density at radius 1 is 1.20 bits per heavy atom. The zero-order valence-electron chi connectivity index (χ0n) is 11.8. The Balaban J connectivity index is 2.14. The standard InChI is InChI=1S/C15H21F3N2/c1-20(2)14-7-6-11(9-13(14)19)10-4-3-5-12(8-10)15(16,17)18/h3-5,8,11,13-14H,6-7,9,19H2,1-2H3/t11-,13-,14-/m0/s1. The second kappa shape index (κ2) is 5.74. The summed E-state index contributed by atoms with van der Waals surface area (Å²) in [6.07, 6.45) is -1.73.